The van der Waals surface area contributed by atoms with Crippen molar-refractivity contribution in [2.24, 2.45) is 0 Å². The Kier molecular flexibility index (Phi) is 9.91. The van der Waals surface area contributed by atoms with Gasteiger partial charge in [-0.25, -0.2) is 4.18 Å². The Morgan fingerprint density at radius 2 is 1.69 bits per heavy atom. The van der Waals surface area contributed by atoms with Crippen LogP contribution in [-0.2, 0) is 14.6 Å². The van der Waals surface area contributed by atoms with Crippen molar-refractivity contribution in [3.63, 3.8) is 0 Å². The lowest BCUT2D eigenvalue weighted by Gasteiger charge is -2.04. The molecule has 98 valence electrons. The lowest BCUT2D eigenvalue weighted by molar-refractivity contribution is 0.262. The largest absolute Gasteiger partial charge is 0.397 e. The van der Waals surface area contributed by atoms with Crippen molar-refractivity contribution in [1.82, 2.24) is 5.32 Å². The van der Waals surface area contributed by atoms with Gasteiger partial charge in [0.25, 0.3) is 0 Å². The van der Waals surface area contributed by atoms with Gasteiger partial charge in [0, 0.05) is 0 Å². The molecule has 0 fully saturated rings. The molecule has 5 nitrogen and oxygen atoms in total. The van der Waals surface area contributed by atoms with E-state index in [0.29, 0.717) is 6.42 Å². The minimum absolute atomic E-state index is 0.0519. The Morgan fingerprint density at radius 3 is 2.25 bits per heavy atom. The Balaban J connectivity index is 3.05. The molecule has 2 N–H and O–H groups in total. The standard InChI is InChI=1S/C10H23NO4S/c1-2-3-4-5-8-11-9-6-7-10-15-16(12,13)14/h11H,2-10H2,1H3,(H,12,13,14). The molecule has 0 radical (unpaired) electrons. The van der Waals surface area contributed by atoms with Crippen LogP contribution in [0.5, 0.6) is 0 Å². The van der Waals surface area contributed by atoms with Crippen molar-refractivity contribution >= 4 is 10.4 Å². The third kappa shape index (κ3) is 13.8. The van der Waals surface area contributed by atoms with Crippen LogP contribution >= 0.6 is 0 Å². The monoisotopic (exact) mass is 253 g/mol. The SMILES string of the molecule is CCCCCCNCCCCOS(=O)(=O)O. The normalized spacial score (nSPS) is 11.9. The molecule has 0 saturated heterocycles. The molecule has 0 aromatic heterocycles. The van der Waals surface area contributed by atoms with Crippen LogP contribution in [0.4, 0.5) is 0 Å². The first kappa shape index (κ1) is 15.8. The molecule has 0 saturated carbocycles. The van der Waals surface area contributed by atoms with E-state index in [9.17, 15) is 8.42 Å². The second kappa shape index (κ2) is 10.0. The highest BCUT2D eigenvalue weighted by Crippen LogP contribution is 1.97. The lowest BCUT2D eigenvalue weighted by atomic mass is 10.2. The summed E-state index contributed by atoms with van der Waals surface area (Å²) in [5, 5.41) is 3.27. The van der Waals surface area contributed by atoms with Crippen molar-refractivity contribution in [2.75, 3.05) is 19.7 Å². The second-order valence-electron chi connectivity index (χ2n) is 3.77. The second-order valence-corrected chi connectivity index (χ2v) is 4.86. The van der Waals surface area contributed by atoms with Gasteiger partial charge >= 0.3 is 10.4 Å². The predicted octanol–water partition coefficient (Wildman–Crippen LogP) is 1.76. The zero-order chi connectivity index (χ0) is 12.3. The highest BCUT2D eigenvalue weighted by Gasteiger charge is 2.02. The van der Waals surface area contributed by atoms with E-state index in [1.54, 1.807) is 0 Å². The molecule has 0 aliphatic carbocycles. The summed E-state index contributed by atoms with van der Waals surface area (Å²) in [5.74, 6) is 0. The molecule has 6 heteroatoms. The summed E-state index contributed by atoms with van der Waals surface area (Å²) >= 11 is 0. The van der Waals surface area contributed by atoms with E-state index in [2.05, 4.69) is 16.4 Å². The smallest absolute Gasteiger partial charge is 0.317 e. The molecule has 0 spiro atoms. The third-order valence-electron chi connectivity index (χ3n) is 2.19. The fourth-order valence-electron chi connectivity index (χ4n) is 1.32. The van der Waals surface area contributed by atoms with Crippen LogP contribution in [0, 0.1) is 0 Å². The summed E-state index contributed by atoms with van der Waals surface area (Å²) < 4.78 is 32.8. The molecule has 0 heterocycles. The molecule has 0 amide bonds. The van der Waals surface area contributed by atoms with Crippen LogP contribution in [0.25, 0.3) is 0 Å². The van der Waals surface area contributed by atoms with E-state index in [0.717, 1.165) is 19.5 Å². The van der Waals surface area contributed by atoms with Gasteiger partial charge in [-0.3, -0.25) is 4.55 Å². The summed E-state index contributed by atoms with van der Waals surface area (Å²) in [6.07, 6.45) is 6.45. The Bertz CT molecular complexity index is 241. The highest BCUT2D eigenvalue weighted by molar-refractivity contribution is 7.80. The molecular weight excluding hydrogens is 230 g/mol. The zero-order valence-corrected chi connectivity index (χ0v) is 10.8. The minimum Gasteiger partial charge on any atom is -0.317 e. The first-order chi connectivity index (χ1) is 7.56. The van der Waals surface area contributed by atoms with Crippen LogP contribution in [0.15, 0.2) is 0 Å². The first-order valence-corrected chi connectivity index (χ1v) is 7.25. The third-order valence-corrected chi connectivity index (χ3v) is 2.65. The Morgan fingerprint density at radius 1 is 1.06 bits per heavy atom. The summed E-state index contributed by atoms with van der Waals surface area (Å²) in [5.41, 5.74) is 0. The maximum atomic E-state index is 10.2. The number of hydrogen-bond acceptors (Lipinski definition) is 4. The van der Waals surface area contributed by atoms with Crippen molar-refractivity contribution in [2.45, 2.75) is 45.4 Å². The predicted molar refractivity (Wildman–Crippen MR) is 63.7 cm³/mol. The molecule has 16 heavy (non-hydrogen) atoms. The van der Waals surface area contributed by atoms with E-state index in [-0.39, 0.29) is 6.61 Å². The van der Waals surface area contributed by atoms with E-state index in [1.807, 2.05) is 0 Å². The van der Waals surface area contributed by atoms with Gasteiger partial charge in [0.2, 0.25) is 0 Å². The van der Waals surface area contributed by atoms with Gasteiger partial charge in [-0.2, -0.15) is 8.42 Å². The number of nitrogens with one attached hydrogen (secondary N) is 1. The van der Waals surface area contributed by atoms with Gasteiger partial charge in [0.1, 0.15) is 0 Å². The zero-order valence-electron chi connectivity index (χ0n) is 9.94. The van der Waals surface area contributed by atoms with E-state index in [1.165, 1.54) is 25.7 Å². The lowest BCUT2D eigenvalue weighted by Crippen LogP contribution is -2.17. The molecule has 0 bridgehead atoms. The van der Waals surface area contributed by atoms with Crippen LogP contribution < -0.4 is 5.32 Å². The quantitative estimate of drug-likeness (QED) is 0.433. The first-order valence-electron chi connectivity index (χ1n) is 5.89. The summed E-state index contributed by atoms with van der Waals surface area (Å²) in [6, 6.07) is 0. The molecule has 0 unspecified atom stereocenters. The molecule has 0 rings (SSSR count). The minimum atomic E-state index is -4.25. The van der Waals surface area contributed by atoms with Gasteiger partial charge in [-0.05, 0) is 32.4 Å². The number of rotatable bonds is 11. The number of hydrogen-bond donors (Lipinski definition) is 2. The topological polar surface area (TPSA) is 75.6 Å². The summed E-state index contributed by atoms with van der Waals surface area (Å²) in [7, 11) is -4.25. The van der Waals surface area contributed by atoms with Crippen molar-refractivity contribution in [1.29, 1.82) is 0 Å². The maximum Gasteiger partial charge on any atom is 0.397 e. The molecule has 0 aromatic rings. The van der Waals surface area contributed by atoms with E-state index in [4.69, 9.17) is 4.55 Å². The highest BCUT2D eigenvalue weighted by atomic mass is 32.3. The molecular formula is C10H23NO4S. The summed E-state index contributed by atoms with van der Waals surface area (Å²) in [6.45, 7) is 4.11. The van der Waals surface area contributed by atoms with Crippen LogP contribution in [0.1, 0.15) is 45.4 Å². The Labute approximate surface area is 98.5 Å². The van der Waals surface area contributed by atoms with Crippen LogP contribution in [0.3, 0.4) is 0 Å². The molecule has 0 aliphatic rings. The van der Waals surface area contributed by atoms with Crippen LogP contribution in [0.2, 0.25) is 0 Å². The average Bonchev–Trinajstić information content (AvgIpc) is 2.19. The molecule has 0 aliphatic heterocycles. The van der Waals surface area contributed by atoms with Gasteiger partial charge in [-0.1, -0.05) is 26.2 Å². The fourth-order valence-corrected chi connectivity index (χ4v) is 1.65. The van der Waals surface area contributed by atoms with E-state index >= 15 is 0 Å². The van der Waals surface area contributed by atoms with Gasteiger partial charge in [0.15, 0.2) is 0 Å². The fraction of sp³-hybridized carbons (Fsp3) is 1.00. The van der Waals surface area contributed by atoms with Gasteiger partial charge in [-0.15, -0.1) is 0 Å². The van der Waals surface area contributed by atoms with Crippen molar-refractivity contribution in [3.8, 4) is 0 Å². The van der Waals surface area contributed by atoms with E-state index < -0.39 is 10.4 Å². The molecule has 0 aromatic carbocycles. The van der Waals surface area contributed by atoms with Crippen LogP contribution in [-0.4, -0.2) is 32.7 Å². The summed E-state index contributed by atoms with van der Waals surface area (Å²) in [4.78, 5) is 0. The van der Waals surface area contributed by atoms with Crippen molar-refractivity contribution < 1.29 is 17.2 Å². The average molecular weight is 253 g/mol. The maximum absolute atomic E-state index is 10.2. The van der Waals surface area contributed by atoms with Crippen molar-refractivity contribution in [3.05, 3.63) is 0 Å². The van der Waals surface area contributed by atoms with Gasteiger partial charge < -0.3 is 5.32 Å². The number of unbranched alkanes of at least 4 members (excludes halogenated alkanes) is 4. The molecule has 0 atom stereocenters. The Hall–Kier alpha value is -0.170. The van der Waals surface area contributed by atoms with Gasteiger partial charge in [0.05, 0.1) is 6.61 Å².